The van der Waals surface area contributed by atoms with E-state index in [1.807, 2.05) is 36.4 Å². The quantitative estimate of drug-likeness (QED) is 0.773. The first-order valence-corrected chi connectivity index (χ1v) is 5.59. The summed E-state index contributed by atoms with van der Waals surface area (Å²) < 4.78 is 0. The summed E-state index contributed by atoms with van der Waals surface area (Å²) in [5, 5.41) is 27.6. The number of benzene rings is 1. The van der Waals surface area contributed by atoms with Crippen molar-refractivity contribution in [3.05, 3.63) is 35.9 Å². The molecule has 0 bridgehead atoms. The molecule has 0 saturated carbocycles. The summed E-state index contributed by atoms with van der Waals surface area (Å²) in [6.07, 6.45) is 0. The lowest BCUT2D eigenvalue weighted by Crippen LogP contribution is -2.25. The van der Waals surface area contributed by atoms with Crippen LogP contribution >= 0.6 is 0 Å². The molecule has 1 aromatic carbocycles. The smallest absolute Gasteiger partial charge is 0.148 e. The van der Waals surface area contributed by atoms with E-state index in [1.165, 1.54) is 4.90 Å². The molecule has 19 heavy (non-hydrogen) atoms. The number of fused-ring (bicyclic) bond motifs is 1. The van der Waals surface area contributed by atoms with Crippen LogP contribution in [0.15, 0.2) is 30.3 Å². The average molecular weight is 247 g/mol. The van der Waals surface area contributed by atoms with Gasteiger partial charge in [0.15, 0.2) is 0 Å². The monoisotopic (exact) mass is 247 g/mol. The van der Waals surface area contributed by atoms with E-state index in [2.05, 4.69) is 11.1 Å². The number of para-hydroxylation sites is 1. The second-order valence-electron chi connectivity index (χ2n) is 3.84. The standard InChI is InChI=1S/C14H9N5/c15-5-7-19(8-6-16)14-12(10-17)9-11-3-1-2-4-13(11)18-14/h1-4,9H,7-8H2. The summed E-state index contributed by atoms with van der Waals surface area (Å²) in [5.74, 6) is 0.379. The van der Waals surface area contributed by atoms with Crippen molar-refractivity contribution in [1.82, 2.24) is 4.98 Å². The number of hydrogen-bond donors (Lipinski definition) is 0. The van der Waals surface area contributed by atoms with Gasteiger partial charge in [0.1, 0.15) is 25.0 Å². The molecule has 5 nitrogen and oxygen atoms in total. The number of nitriles is 3. The molecule has 0 radical (unpaired) electrons. The minimum absolute atomic E-state index is 0.0214. The van der Waals surface area contributed by atoms with Crippen LogP contribution in [-0.2, 0) is 0 Å². The normalized spacial score (nSPS) is 9.32. The third kappa shape index (κ3) is 2.44. The summed E-state index contributed by atoms with van der Waals surface area (Å²) in [5.41, 5.74) is 1.10. The summed E-state index contributed by atoms with van der Waals surface area (Å²) in [7, 11) is 0. The topological polar surface area (TPSA) is 87.5 Å². The first-order valence-electron chi connectivity index (χ1n) is 5.59. The molecule has 90 valence electrons. The van der Waals surface area contributed by atoms with Gasteiger partial charge in [-0.25, -0.2) is 4.98 Å². The van der Waals surface area contributed by atoms with Gasteiger partial charge in [-0.15, -0.1) is 0 Å². The predicted molar refractivity (Wildman–Crippen MR) is 69.9 cm³/mol. The second kappa shape index (κ2) is 5.49. The van der Waals surface area contributed by atoms with Crippen LogP contribution in [0.3, 0.4) is 0 Å². The Hall–Kier alpha value is -3.10. The molecule has 0 fully saturated rings. The van der Waals surface area contributed by atoms with Crippen LogP contribution < -0.4 is 4.90 Å². The van der Waals surface area contributed by atoms with E-state index >= 15 is 0 Å². The molecule has 1 heterocycles. The van der Waals surface area contributed by atoms with Gasteiger partial charge in [0, 0.05) is 5.39 Å². The van der Waals surface area contributed by atoms with Gasteiger partial charge in [-0.1, -0.05) is 18.2 Å². The van der Waals surface area contributed by atoms with Crippen LogP contribution in [-0.4, -0.2) is 18.1 Å². The SMILES string of the molecule is N#CCN(CC#N)c1nc2ccccc2cc1C#N. The van der Waals surface area contributed by atoms with E-state index in [-0.39, 0.29) is 13.1 Å². The molecule has 0 N–H and O–H groups in total. The van der Waals surface area contributed by atoms with E-state index in [0.29, 0.717) is 11.4 Å². The molecular formula is C14H9N5. The average Bonchev–Trinajstić information content (AvgIpc) is 2.45. The molecule has 2 aromatic rings. The van der Waals surface area contributed by atoms with Crippen molar-refractivity contribution in [3.8, 4) is 18.2 Å². The molecule has 0 spiro atoms. The fraction of sp³-hybridized carbons (Fsp3) is 0.143. The lowest BCUT2D eigenvalue weighted by atomic mass is 10.1. The Morgan fingerprint density at radius 2 is 1.74 bits per heavy atom. The van der Waals surface area contributed by atoms with E-state index in [9.17, 15) is 5.26 Å². The summed E-state index contributed by atoms with van der Waals surface area (Å²) in [4.78, 5) is 5.88. The lowest BCUT2D eigenvalue weighted by Gasteiger charge is -2.18. The maximum absolute atomic E-state index is 9.18. The van der Waals surface area contributed by atoms with Crippen LogP contribution in [0.5, 0.6) is 0 Å². The van der Waals surface area contributed by atoms with Crippen LogP contribution in [0, 0.1) is 34.0 Å². The summed E-state index contributed by atoms with van der Waals surface area (Å²) >= 11 is 0. The van der Waals surface area contributed by atoms with Crippen LogP contribution in [0.25, 0.3) is 10.9 Å². The maximum atomic E-state index is 9.18. The Morgan fingerprint density at radius 3 is 2.37 bits per heavy atom. The van der Waals surface area contributed by atoms with Crippen molar-refractivity contribution >= 4 is 16.7 Å². The lowest BCUT2D eigenvalue weighted by molar-refractivity contribution is 0.938. The van der Waals surface area contributed by atoms with Gasteiger partial charge >= 0.3 is 0 Å². The first-order chi connectivity index (χ1) is 9.30. The zero-order valence-electron chi connectivity index (χ0n) is 10.0. The van der Waals surface area contributed by atoms with Crippen molar-refractivity contribution in [3.63, 3.8) is 0 Å². The Morgan fingerprint density at radius 1 is 1.05 bits per heavy atom. The Balaban J connectivity index is 2.61. The number of anilines is 1. The molecule has 0 aliphatic heterocycles. The van der Waals surface area contributed by atoms with Gasteiger partial charge in [0.05, 0.1) is 23.2 Å². The van der Waals surface area contributed by atoms with Crippen LogP contribution in [0.2, 0.25) is 0 Å². The van der Waals surface area contributed by atoms with Crippen molar-refractivity contribution in [2.75, 3.05) is 18.0 Å². The summed E-state index contributed by atoms with van der Waals surface area (Å²) in [6.45, 7) is 0.0428. The van der Waals surface area contributed by atoms with E-state index < -0.39 is 0 Å². The number of hydrogen-bond acceptors (Lipinski definition) is 5. The highest BCUT2D eigenvalue weighted by Crippen LogP contribution is 2.22. The largest absolute Gasteiger partial charge is 0.329 e. The fourth-order valence-corrected chi connectivity index (χ4v) is 1.81. The van der Waals surface area contributed by atoms with Gasteiger partial charge in [0.2, 0.25) is 0 Å². The molecule has 1 aromatic heterocycles. The Labute approximate surface area is 110 Å². The highest BCUT2D eigenvalue weighted by atomic mass is 15.2. The van der Waals surface area contributed by atoms with Gasteiger partial charge in [-0.05, 0) is 12.1 Å². The van der Waals surface area contributed by atoms with Crippen molar-refractivity contribution < 1.29 is 0 Å². The zero-order chi connectivity index (χ0) is 13.7. The van der Waals surface area contributed by atoms with Crippen LogP contribution in [0.1, 0.15) is 5.56 Å². The first kappa shape index (κ1) is 12.4. The minimum Gasteiger partial charge on any atom is -0.329 e. The molecule has 2 rings (SSSR count). The van der Waals surface area contributed by atoms with E-state index in [0.717, 1.165) is 10.9 Å². The van der Waals surface area contributed by atoms with Crippen molar-refractivity contribution in [2.24, 2.45) is 0 Å². The molecule has 0 aliphatic carbocycles. The number of rotatable bonds is 3. The van der Waals surface area contributed by atoms with Gasteiger partial charge in [-0.3, -0.25) is 0 Å². The molecular weight excluding hydrogens is 238 g/mol. The highest BCUT2D eigenvalue weighted by Gasteiger charge is 2.13. The van der Waals surface area contributed by atoms with Crippen LogP contribution in [0.4, 0.5) is 5.82 Å². The maximum Gasteiger partial charge on any atom is 0.148 e. The zero-order valence-corrected chi connectivity index (χ0v) is 10.0. The number of nitrogens with zero attached hydrogens (tertiary/aromatic N) is 5. The Kier molecular flexibility index (Phi) is 3.57. The third-order valence-corrected chi connectivity index (χ3v) is 2.65. The van der Waals surface area contributed by atoms with Gasteiger partial charge in [0.25, 0.3) is 0 Å². The highest BCUT2D eigenvalue weighted by molar-refractivity contribution is 5.83. The van der Waals surface area contributed by atoms with Gasteiger partial charge < -0.3 is 4.90 Å². The Bertz CT molecular complexity index is 714. The summed E-state index contributed by atoms with van der Waals surface area (Å²) in [6, 6.07) is 15.2. The molecule has 0 atom stereocenters. The molecule has 0 amide bonds. The minimum atomic E-state index is 0.0214. The van der Waals surface area contributed by atoms with Gasteiger partial charge in [-0.2, -0.15) is 15.8 Å². The van der Waals surface area contributed by atoms with Crippen molar-refractivity contribution in [1.29, 1.82) is 15.8 Å². The van der Waals surface area contributed by atoms with E-state index in [4.69, 9.17) is 10.5 Å². The third-order valence-electron chi connectivity index (χ3n) is 2.65. The number of pyridine rings is 1. The molecule has 0 aliphatic rings. The van der Waals surface area contributed by atoms with Crippen molar-refractivity contribution in [2.45, 2.75) is 0 Å². The fourth-order valence-electron chi connectivity index (χ4n) is 1.81. The predicted octanol–water partition coefficient (Wildman–Crippen LogP) is 1.96. The molecule has 0 saturated heterocycles. The molecule has 5 heteroatoms. The molecule has 0 unspecified atom stereocenters. The second-order valence-corrected chi connectivity index (χ2v) is 3.84. The number of aromatic nitrogens is 1. The van der Waals surface area contributed by atoms with E-state index in [1.54, 1.807) is 6.07 Å².